The van der Waals surface area contributed by atoms with Gasteiger partial charge >= 0.3 is 39.5 Å². The van der Waals surface area contributed by atoms with Crippen molar-refractivity contribution in [1.82, 2.24) is 0 Å². The summed E-state index contributed by atoms with van der Waals surface area (Å²) in [4.78, 5) is 73.3. The van der Waals surface area contributed by atoms with Gasteiger partial charge in [0, 0.05) is 25.7 Å². The maximum Gasteiger partial charge on any atom is 0.472 e. The Hall–Kier alpha value is -1.94. The van der Waals surface area contributed by atoms with Crippen LogP contribution in [0.1, 0.15) is 459 Å². The number of carbonyl (C=O) groups is 4. The monoisotopic (exact) mass is 1550 g/mol. The number of aliphatic hydroxyl groups is 1. The molecule has 0 aliphatic carbocycles. The summed E-state index contributed by atoms with van der Waals surface area (Å²) in [6, 6.07) is 0. The SMILES string of the molecule is CCCCCCCCCCCCCCCCCCCCCC(=O)O[C@H](COC(=O)CCCCCCCCCCCCCCCCC(C)CC)COP(=O)(O)OC[C@@H](O)COP(=O)(O)OC[C@@H](COC(=O)CCCCCCCCCCCC(C)C)OC(=O)CCCCCCCCCCCCCCCCC(C)C. The van der Waals surface area contributed by atoms with Crippen LogP contribution in [0.25, 0.3) is 0 Å². The summed E-state index contributed by atoms with van der Waals surface area (Å²) >= 11 is 0. The summed E-state index contributed by atoms with van der Waals surface area (Å²) in [6.45, 7) is 12.0. The molecule has 0 spiro atoms. The molecular weight excluding hydrogens is 1380 g/mol. The minimum atomic E-state index is -4.97. The first-order valence-corrected chi connectivity index (χ1v) is 47.9. The minimum Gasteiger partial charge on any atom is -0.462 e. The average Bonchev–Trinajstić information content (AvgIpc) is 0.900. The Labute approximate surface area is 651 Å². The highest BCUT2D eigenvalue weighted by Crippen LogP contribution is 2.45. The van der Waals surface area contributed by atoms with E-state index in [4.69, 9.17) is 37.0 Å². The molecule has 3 N–H and O–H groups in total. The van der Waals surface area contributed by atoms with Crippen LogP contribution in [0.5, 0.6) is 0 Å². The smallest absolute Gasteiger partial charge is 0.462 e. The summed E-state index contributed by atoms with van der Waals surface area (Å²) in [5, 5.41) is 10.7. The van der Waals surface area contributed by atoms with Gasteiger partial charge in [0.2, 0.25) is 0 Å². The number of ether oxygens (including phenoxy) is 4. The summed E-state index contributed by atoms with van der Waals surface area (Å²) in [5.74, 6) is 0.286. The Balaban J connectivity index is 5.26. The molecule has 3 unspecified atom stereocenters. The van der Waals surface area contributed by atoms with E-state index >= 15 is 0 Å². The van der Waals surface area contributed by atoms with E-state index < -0.39 is 97.5 Å². The zero-order valence-corrected chi connectivity index (χ0v) is 71.7. The normalized spacial score (nSPS) is 14.1. The lowest BCUT2D eigenvalue weighted by Crippen LogP contribution is -2.30. The van der Waals surface area contributed by atoms with Gasteiger partial charge in [0.25, 0.3) is 0 Å². The Bertz CT molecular complexity index is 2050. The van der Waals surface area contributed by atoms with Crippen LogP contribution in [-0.2, 0) is 65.4 Å². The summed E-state index contributed by atoms with van der Waals surface area (Å²) in [5.41, 5.74) is 0. The fraction of sp³-hybridized carbons (Fsp3) is 0.954. The molecule has 0 aromatic heterocycles. The van der Waals surface area contributed by atoms with Gasteiger partial charge in [-0.1, -0.05) is 408 Å². The van der Waals surface area contributed by atoms with Crippen molar-refractivity contribution in [3.63, 3.8) is 0 Å². The Morgan fingerprint density at radius 3 is 0.717 bits per heavy atom. The standard InChI is InChI=1S/C87H170O17P2/c1-8-10-11-12-13-14-15-16-17-18-19-20-21-29-34-41-49-56-63-70-86(91)103-82(74-97-84(89)68-61-54-47-40-33-28-25-23-27-32-39-46-53-60-67-80(7)9-2)76-101-105(93,94)99-72-81(88)73-100-106(95,96)102-77-83(75-98-85(90)69-62-55-48-43-36-38-45-52-59-66-79(5)6)104-87(92)71-64-57-50-42-35-30-24-22-26-31-37-44-51-58-65-78(3)4/h78-83,88H,8-77H2,1-7H3,(H,93,94)(H,95,96)/t80?,81-,82-,83-/m1/s1. The molecule has 0 heterocycles. The van der Waals surface area contributed by atoms with Crippen LogP contribution in [0.2, 0.25) is 0 Å². The number of carbonyl (C=O) groups excluding carboxylic acids is 4. The number of phosphoric acid groups is 2. The molecule has 19 heteroatoms. The average molecular weight is 1550 g/mol. The molecule has 0 aliphatic rings. The third-order valence-corrected chi connectivity index (χ3v) is 22.6. The molecule has 17 nitrogen and oxygen atoms in total. The second kappa shape index (κ2) is 77.0. The number of phosphoric ester groups is 2. The predicted octanol–water partition coefficient (Wildman–Crippen LogP) is 26.5. The van der Waals surface area contributed by atoms with Crippen LogP contribution < -0.4 is 0 Å². The molecule has 106 heavy (non-hydrogen) atoms. The van der Waals surface area contributed by atoms with Gasteiger partial charge in [0.1, 0.15) is 19.3 Å². The largest absolute Gasteiger partial charge is 0.472 e. The molecule has 0 aromatic carbocycles. The van der Waals surface area contributed by atoms with E-state index in [2.05, 4.69) is 48.5 Å². The zero-order chi connectivity index (χ0) is 77.9. The van der Waals surface area contributed by atoms with Crippen LogP contribution >= 0.6 is 15.6 Å². The molecule has 0 amide bonds. The van der Waals surface area contributed by atoms with Crippen LogP contribution in [0, 0.1) is 17.8 Å². The zero-order valence-electron chi connectivity index (χ0n) is 69.9. The van der Waals surface area contributed by atoms with Gasteiger partial charge in [-0.2, -0.15) is 0 Å². The highest BCUT2D eigenvalue weighted by Gasteiger charge is 2.31. The number of hydrogen-bond donors (Lipinski definition) is 3. The highest BCUT2D eigenvalue weighted by atomic mass is 31.2. The van der Waals surface area contributed by atoms with Gasteiger partial charge in [-0.25, -0.2) is 9.13 Å². The van der Waals surface area contributed by atoms with E-state index in [0.29, 0.717) is 25.7 Å². The second-order valence-electron chi connectivity index (χ2n) is 32.5. The first kappa shape index (κ1) is 104. The molecule has 0 aliphatic heterocycles. The quantitative estimate of drug-likeness (QED) is 0.0222. The fourth-order valence-corrected chi connectivity index (χ4v) is 15.1. The van der Waals surface area contributed by atoms with Crippen LogP contribution in [0.4, 0.5) is 0 Å². The molecule has 0 rings (SSSR count). The molecule has 0 saturated carbocycles. The summed E-state index contributed by atoms with van der Waals surface area (Å²) in [6.07, 6.45) is 67.9. The molecular formula is C87H170O17P2. The first-order chi connectivity index (χ1) is 51.3. The first-order valence-electron chi connectivity index (χ1n) is 44.9. The molecule has 0 radical (unpaired) electrons. The maximum atomic E-state index is 13.2. The van der Waals surface area contributed by atoms with Crippen molar-refractivity contribution in [2.75, 3.05) is 39.6 Å². The highest BCUT2D eigenvalue weighted by molar-refractivity contribution is 7.47. The fourth-order valence-electron chi connectivity index (χ4n) is 13.5. The Kier molecular flexibility index (Phi) is 75.6. The van der Waals surface area contributed by atoms with Gasteiger partial charge < -0.3 is 33.8 Å². The van der Waals surface area contributed by atoms with Gasteiger partial charge in [-0.3, -0.25) is 37.3 Å². The van der Waals surface area contributed by atoms with Crippen molar-refractivity contribution >= 4 is 39.5 Å². The van der Waals surface area contributed by atoms with E-state index in [9.17, 15) is 43.2 Å². The van der Waals surface area contributed by atoms with Gasteiger partial charge in [-0.05, 0) is 43.4 Å². The van der Waals surface area contributed by atoms with Gasteiger partial charge in [0.15, 0.2) is 12.2 Å². The van der Waals surface area contributed by atoms with Gasteiger partial charge in [0.05, 0.1) is 26.4 Å². The van der Waals surface area contributed by atoms with Crippen molar-refractivity contribution in [1.29, 1.82) is 0 Å². The Morgan fingerprint density at radius 1 is 0.274 bits per heavy atom. The number of hydrogen-bond acceptors (Lipinski definition) is 15. The number of unbranched alkanes of at least 4 members (excludes halogenated alkanes) is 52. The molecule has 630 valence electrons. The molecule has 0 aromatic rings. The van der Waals surface area contributed by atoms with Crippen LogP contribution in [0.3, 0.4) is 0 Å². The van der Waals surface area contributed by atoms with Crippen molar-refractivity contribution in [2.45, 2.75) is 478 Å². The van der Waals surface area contributed by atoms with E-state index in [1.54, 1.807) is 0 Å². The lowest BCUT2D eigenvalue weighted by Gasteiger charge is -2.21. The van der Waals surface area contributed by atoms with E-state index in [1.807, 2.05) is 0 Å². The third kappa shape index (κ3) is 78.7. The predicted molar refractivity (Wildman–Crippen MR) is 437 cm³/mol. The van der Waals surface area contributed by atoms with Crippen molar-refractivity contribution in [3.05, 3.63) is 0 Å². The van der Waals surface area contributed by atoms with E-state index in [-0.39, 0.29) is 25.7 Å². The molecule has 0 saturated heterocycles. The van der Waals surface area contributed by atoms with Crippen LogP contribution in [-0.4, -0.2) is 96.7 Å². The van der Waals surface area contributed by atoms with Gasteiger partial charge in [-0.15, -0.1) is 0 Å². The van der Waals surface area contributed by atoms with Crippen LogP contribution in [0.15, 0.2) is 0 Å². The lowest BCUT2D eigenvalue weighted by molar-refractivity contribution is -0.161. The third-order valence-electron chi connectivity index (χ3n) is 20.7. The summed E-state index contributed by atoms with van der Waals surface area (Å²) in [7, 11) is -9.93. The molecule has 6 atom stereocenters. The second-order valence-corrected chi connectivity index (χ2v) is 35.4. The van der Waals surface area contributed by atoms with E-state index in [1.165, 1.54) is 270 Å². The Morgan fingerprint density at radius 2 is 0.481 bits per heavy atom. The summed E-state index contributed by atoms with van der Waals surface area (Å²) < 4.78 is 69.0. The number of aliphatic hydroxyl groups excluding tert-OH is 1. The topological polar surface area (TPSA) is 237 Å². The lowest BCUT2D eigenvalue weighted by atomic mass is 9.99. The van der Waals surface area contributed by atoms with Crippen molar-refractivity contribution in [2.24, 2.45) is 17.8 Å². The molecule has 0 bridgehead atoms. The van der Waals surface area contributed by atoms with Crippen molar-refractivity contribution in [3.8, 4) is 0 Å². The minimum absolute atomic E-state index is 0.107. The van der Waals surface area contributed by atoms with Crippen molar-refractivity contribution < 1.29 is 80.2 Å². The number of rotatable bonds is 85. The maximum absolute atomic E-state index is 13.2. The number of esters is 4. The molecule has 0 fully saturated rings. The van der Waals surface area contributed by atoms with E-state index in [0.717, 1.165) is 108 Å².